The second-order valence-electron chi connectivity index (χ2n) is 5.72. The summed E-state index contributed by atoms with van der Waals surface area (Å²) in [6, 6.07) is 8.99. The van der Waals surface area contributed by atoms with Crippen LogP contribution in [0.1, 0.15) is 45.6 Å². The lowest BCUT2D eigenvalue weighted by atomic mass is 10.0. The number of hydrogen-bond donors (Lipinski definition) is 1. The molecule has 1 atom stereocenters. The zero-order valence-electron chi connectivity index (χ0n) is 13.1. The molecule has 114 valence electrons. The third kappa shape index (κ3) is 7.36. The van der Waals surface area contributed by atoms with E-state index in [1.54, 1.807) is 24.3 Å². The first-order valence-corrected chi connectivity index (χ1v) is 7.43. The van der Waals surface area contributed by atoms with E-state index in [0.717, 1.165) is 12.8 Å². The van der Waals surface area contributed by atoms with E-state index in [1.807, 2.05) is 13.0 Å². The van der Waals surface area contributed by atoms with E-state index in [0.29, 0.717) is 17.2 Å². The summed E-state index contributed by atoms with van der Waals surface area (Å²) in [7, 11) is 0. The molecule has 1 unspecified atom stereocenters. The fourth-order valence-electron chi connectivity index (χ4n) is 2.03. The van der Waals surface area contributed by atoms with E-state index in [1.165, 1.54) is 6.42 Å². The normalized spacial score (nSPS) is 11.8. The molecule has 1 rings (SSSR count). The number of amides is 1. The molecule has 4 nitrogen and oxygen atoms in total. The van der Waals surface area contributed by atoms with E-state index >= 15 is 0 Å². The van der Waals surface area contributed by atoms with Crippen LogP contribution in [0, 0.1) is 17.2 Å². The molecule has 0 bridgehead atoms. The van der Waals surface area contributed by atoms with Crippen molar-refractivity contribution in [1.82, 2.24) is 5.32 Å². The molecule has 1 amide bonds. The molecule has 0 aliphatic heterocycles. The monoisotopic (exact) mass is 288 g/mol. The minimum atomic E-state index is -0.130. The standard InChI is InChI=1S/C17H24N2O2/c1-13(2)6-4-7-14(3)19-17(20)12-21-16-9-5-8-15(10-16)11-18/h5,8-10,13-14H,4,6-7,12H2,1-3H3,(H,19,20). The second kappa shape index (κ2) is 9.02. The molecule has 21 heavy (non-hydrogen) atoms. The largest absolute Gasteiger partial charge is 0.484 e. The molecule has 0 heterocycles. The molecule has 0 aliphatic rings. The summed E-state index contributed by atoms with van der Waals surface area (Å²) in [6.45, 7) is 6.39. The summed E-state index contributed by atoms with van der Waals surface area (Å²) in [5, 5.41) is 11.7. The van der Waals surface area contributed by atoms with Crippen LogP contribution in [0.2, 0.25) is 0 Å². The lowest BCUT2D eigenvalue weighted by molar-refractivity contribution is -0.123. The molecule has 0 saturated carbocycles. The van der Waals surface area contributed by atoms with Crippen LogP contribution in [0.25, 0.3) is 0 Å². The Morgan fingerprint density at radius 3 is 2.76 bits per heavy atom. The van der Waals surface area contributed by atoms with Gasteiger partial charge in [0.1, 0.15) is 5.75 Å². The Morgan fingerprint density at radius 1 is 1.33 bits per heavy atom. The van der Waals surface area contributed by atoms with Gasteiger partial charge in [0, 0.05) is 6.04 Å². The number of nitrogens with one attached hydrogen (secondary N) is 1. The first-order chi connectivity index (χ1) is 10.0. The highest BCUT2D eigenvalue weighted by Gasteiger charge is 2.08. The van der Waals surface area contributed by atoms with Gasteiger partial charge >= 0.3 is 0 Å². The van der Waals surface area contributed by atoms with E-state index < -0.39 is 0 Å². The number of ether oxygens (including phenoxy) is 1. The van der Waals surface area contributed by atoms with Crippen molar-refractivity contribution < 1.29 is 9.53 Å². The zero-order chi connectivity index (χ0) is 15.7. The Bertz CT molecular complexity index is 492. The van der Waals surface area contributed by atoms with Crippen LogP contribution in [0.4, 0.5) is 0 Å². The second-order valence-corrected chi connectivity index (χ2v) is 5.72. The van der Waals surface area contributed by atoms with Crippen LogP contribution >= 0.6 is 0 Å². The number of benzene rings is 1. The van der Waals surface area contributed by atoms with Gasteiger partial charge in [-0.3, -0.25) is 4.79 Å². The molecule has 0 aromatic heterocycles. The fourth-order valence-corrected chi connectivity index (χ4v) is 2.03. The fraction of sp³-hybridized carbons (Fsp3) is 0.529. The smallest absolute Gasteiger partial charge is 0.258 e. The Labute approximate surface area is 127 Å². The maximum Gasteiger partial charge on any atom is 0.258 e. The minimum Gasteiger partial charge on any atom is -0.484 e. The van der Waals surface area contributed by atoms with Crippen molar-refractivity contribution in [3.63, 3.8) is 0 Å². The number of carbonyl (C=O) groups excluding carboxylic acids is 1. The van der Waals surface area contributed by atoms with Crippen molar-refractivity contribution >= 4 is 5.91 Å². The van der Waals surface area contributed by atoms with Gasteiger partial charge in [-0.25, -0.2) is 0 Å². The average molecular weight is 288 g/mol. The van der Waals surface area contributed by atoms with Gasteiger partial charge in [0.25, 0.3) is 5.91 Å². The van der Waals surface area contributed by atoms with Crippen molar-refractivity contribution in [2.45, 2.75) is 46.1 Å². The van der Waals surface area contributed by atoms with E-state index in [4.69, 9.17) is 10.00 Å². The third-order valence-electron chi connectivity index (χ3n) is 3.16. The molecule has 1 aromatic carbocycles. The van der Waals surface area contributed by atoms with Crippen LogP contribution in [0.3, 0.4) is 0 Å². The maximum absolute atomic E-state index is 11.8. The Hall–Kier alpha value is -2.02. The number of nitriles is 1. The number of rotatable bonds is 8. The molecule has 0 spiro atoms. The predicted molar refractivity (Wildman–Crippen MR) is 82.9 cm³/mol. The number of nitrogens with zero attached hydrogens (tertiary/aromatic N) is 1. The topological polar surface area (TPSA) is 62.1 Å². The van der Waals surface area contributed by atoms with Gasteiger partial charge < -0.3 is 10.1 Å². The molecular weight excluding hydrogens is 264 g/mol. The molecule has 0 saturated heterocycles. The summed E-state index contributed by atoms with van der Waals surface area (Å²) >= 11 is 0. The first-order valence-electron chi connectivity index (χ1n) is 7.43. The van der Waals surface area contributed by atoms with Crippen LogP contribution < -0.4 is 10.1 Å². The molecular formula is C17H24N2O2. The zero-order valence-corrected chi connectivity index (χ0v) is 13.1. The highest BCUT2D eigenvalue weighted by atomic mass is 16.5. The molecule has 1 aromatic rings. The van der Waals surface area contributed by atoms with Gasteiger partial charge in [-0.2, -0.15) is 5.26 Å². The quantitative estimate of drug-likeness (QED) is 0.798. The summed E-state index contributed by atoms with van der Waals surface area (Å²) in [4.78, 5) is 11.8. The molecule has 0 radical (unpaired) electrons. The van der Waals surface area contributed by atoms with E-state index in [9.17, 15) is 4.79 Å². The first kappa shape index (κ1) is 17.0. The van der Waals surface area contributed by atoms with Crippen LogP contribution in [0.5, 0.6) is 5.75 Å². The van der Waals surface area contributed by atoms with Gasteiger partial charge in [-0.15, -0.1) is 0 Å². The van der Waals surface area contributed by atoms with Crippen LogP contribution in [-0.4, -0.2) is 18.6 Å². The van der Waals surface area contributed by atoms with Gasteiger partial charge in [0.15, 0.2) is 6.61 Å². The minimum absolute atomic E-state index is 0.0244. The SMILES string of the molecule is CC(C)CCCC(C)NC(=O)COc1cccc(C#N)c1. The summed E-state index contributed by atoms with van der Waals surface area (Å²) in [5.74, 6) is 1.11. The van der Waals surface area contributed by atoms with Crippen LogP contribution in [0.15, 0.2) is 24.3 Å². The highest BCUT2D eigenvalue weighted by Crippen LogP contribution is 2.12. The van der Waals surface area contributed by atoms with Crippen molar-refractivity contribution in [1.29, 1.82) is 5.26 Å². The van der Waals surface area contributed by atoms with Crippen molar-refractivity contribution in [3.8, 4) is 11.8 Å². The molecule has 0 aliphatic carbocycles. The van der Waals surface area contributed by atoms with E-state index in [2.05, 4.69) is 19.2 Å². The van der Waals surface area contributed by atoms with Crippen LogP contribution in [-0.2, 0) is 4.79 Å². The predicted octanol–water partition coefficient (Wildman–Crippen LogP) is 3.27. The van der Waals surface area contributed by atoms with Crippen molar-refractivity contribution in [3.05, 3.63) is 29.8 Å². The maximum atomic E-state index is 11.8. The lowest BCUT2D eigenvalue weighted by Gasteiger charge is -2.15. The molecule has 4 heteroatoms. The summed E-state index contributed by atoms with van der Waals surface area (Å²) in [5.41, 5.74) is 0.523. The Kier molecular flexibility index (Phi) is 7.31. The van der Waals surface area contributed by atoms with Gasteiger partial charge in [-0.1, -0.05) is 32.8 Å². The van der Waals surface area contributed by atoms with Gasteiger partial charge in [-0.05, 0) is 37.5 Å². The Balaban J connectivity index is 2.28. The molecule has 0 fully saturated rings. The van der Waals surface area contributed by atoms with Crippen molar-refractivity contribution in [2.24, 2.45) is 5.92 Å². The Morgan fingerprint density at radius 2 is 2.10 bits per heavy atom. The van der Waals surface area contributed by atoms with Gasteiger partial charge in [0.2, 0.25) is 0 Å². The summed E-state index contributed by atoms with van der Waals surface area (Å²) in [6.07, 6.45) is 3.27. The number of hydrogen-bond acceptors (Lipinski definition) is 3. The summed E-state index contributed by atoms with van der Waals surface area (Å²) < 4.78 is 5.39. The highest BCUT2D eigenvalue weighted by molar-refractivity contribution is 5.77. The average Bonchev–Trinajstić information content (AvgIpc) is 2.45. The van der Waals surface area contributed by atoms with E-state index in [-0.39, 0.29) is 18.6 Å². The number of carbonyl (C=O) groups is 1. The third-order valence-corrected chi connectivity index (χ3v) is 3.16. The van der Waals surface area contributed by atoms with Crippen molar-refractivity contribution in [2.75, 3.05) is 6.61 Å². The van der Waals surface area contributed by atoms with Gasteiger partial charge in [0.05, 0.1) is 11.6 Å². The lowest BCUT2D eigenvalue weighted by Crippen LogP contribution is -2.36. The molecule has 1 N–H and O–H groups in total.